The van der Waals surface area contributed by atoms with Gasteiger partial charge in [-0.1, -0.05) is 0 Å². The Kier molecular flexibility index (Phi) is 2.03. The van der Waals surface area contributed by atoms with E-state index in [2.05, 4.69) is 20.2 Å². The molecule has 5 heteroatoms. The van der Waals surface area contributed by atoms with Crippen LogP contribution in [0.4, 0.5) is 6.01 Å². The standard InChI is InChI=1S/C10H12N4O/c1-2-8-9(12-3-1)15-10(13-8)14-6-4-11-5-7-14/h1-3,11H,4-7H2. The van der Waals surface area contributed by atoms with Crippen molar-refractivity contribution >= 4 is 17.2 Å². The summed E-state index contributed by atoms with van der Waals surface area (Å²) in [5.74, 6) is 0. The lowest BCUT2D eigenvalue weighted by Crippen LogP contribution is -2.43. The molecule has 0 atom stereocenters. The molecular formula is C10H12N4O. The van der Waals surface area contributed by atoms with E-state index in [-0.39, 0.29) is 0 Å². The minimum absolute atomic E-state index is 0.617. The normalized spacial score (nSPS) is 17.2. The molecule has 0 spiro atoms. The fourth-order valence-corrected chi connectivity index (χ4v) is 1.75. The molecule has 3 heterocycles. The zero-order valence-electron chi connectivity index (χ0n) is 8.31. The number of nitrogens with zero attached hydrogens (tertiary/aromatic N) is 3. The van der Waals surface area contributed by atoms with Crippen molar-refractivity contribution < 1.29 is 4.42 Å². The Bertz CT molecular complexity index is 428. The third-order valence-corrected chi connectivity index (χ3v) is 2.54. The summed E-state index contributed by atoms with van der Waals surface area (Å²) in [6.07, 6.45) is 1.72. The Balaban J connectivity index is 1.96. The quantitative estimate of drug-likeness (QED) is 0.738. The van der Waals surface area contributed by atoms with E-state index in [0.717, 1.165) is 31.7 Å². The smallest absolute Gasteiger partial charge is 0.299 e. The van der Waals surface area contributed by atoms with Gasteiger partial charge in [-0.25, -0.2) is 4.98 Å². The molecule has 0 bridgehead atoms. The van der Waals surface area contributed by atoms with E-state index in [0.29, 0.717) is 11.7 Å². The predicted octanol–water partition coefficient (Wildman–Crippen LogP) is 0.632. The minimum Gasteiger partial charge on any atom is -0.404 e. The van der Waals surface area contributed by atoms with E-state index in [1.807, 2.05) is 12.1 Å². The van der Waals surface area contributed by atoms with Gasteiger partial charge in [0.15, 0.2) is 0 Å². The minimum atomic E-state index is 0.617. The first kappa shape index (κ1) is 8.67. The number of piperazine rings is 1. The number of pyridine rings is 1. The summed E-state index contributed by atoms with van der Waals surface area (Å²) in [5, 5.41) is 3.29. The largest absolute Gasteiger partial charge is 0.404 e. The molecule has 78 valence electrons. The summed E-state index contributed by atoms with van der Waals surface area (Å²) >= 11 is 0. The van der Waals surface area contributed by atoms with Gasteiger partial charge in [0.1, 0.15) is 5.52 Å². The van der Waals surface area contributed by atoms with Gasteiger partial charge in [-0.05, 0) is 12.1 Å². The van der Waals surface area contributed by atoms with Crippen LogP contribution in [-0.2, 0) is 0 Å². The number of hydrogen-bond donors (Lipinski definition) is 1. The van der Waals surface area contributed by atoms with Gasteiger partial charge in [0.25, 0.3) is 6.01 Å². The SMILES string of the molecule is c1cnc2oc(N3CCNCC3)nc2c1. The summed E-state index contributed by atoms with van der Waals surface area (Å²) in [6, 6.07) is 4.47. The van der Waals surface area contributed by atoms with Gasteiger partial charge in [0, 0.05) is 32.4 Å². The lowest BCUT2D eigenvalue weighted by molar-refractivity contribution is 0.514. The van der Waals surface area contributed by atoms with Crippen molar-refractivity contribution in [1.82, 2.24) is 15.3 Å². The Hall–Kier alpha value is -1.62. The zero-order valence-corrected chi connectivity index (χ0v) is 8.31. The molecule has 15 heavy (non-hydrogen) atoms. The van der Waals surface area contributed by atoms with Gasteiger partial charge in [-0.15, -0.1) is 0 Å². The number of rotatable bonds is 1. The number of nitrogens with one attached hydrogen (secondary N) is 1. The van der Waals surface area contributed by atoms with Gasteiger partial charge in [0.2, 0.25) is 5.71 Å². The summed E-state index contributed by atoms with van der Waals surface area (Å²) in [4.78, 5) is 10.7. The first-order valence-corrected chi connectivity index (χ1v) is 5.11. The van der Waals surface area contributed by atoms with Gasteiger partial charge < -0.3 is 14.6 Å². The molecule has 0 saturated carbocycles. The van der Waals surface area contributed by atoms with Crippen molar-refractivity contribution in [2.24, 2.45) is 0 Å². The van der Waals surface area contributed by atoms with E-state index in [1.54, 1.807) is 6.20 Å². The zero-order chi connectivity index (χ0) is 10.1. The van der Waals surface area contributed by atoms with Crippen molar-refractivity contribution in [2.75, 3.05) is 31.1 Å². The van der Waals surface area contributed by atoms with E-state index >= 15 is 0 Å². The Morgan fingerprint density at radius 3 is 3.00 bits per heavy atom. The van der Waals surface area contributed by atoms with Gasteiger partial charge >= 0.3 is 0 Å². The van der Waals surface area contributed by atoms with Gasteiger partial charge in [-0.3, -0.25) is 0 Å². The van der Waals surface area contributed by atoms with Crippen LogP contribution in [0.2, 0.25) is 0 Å². The van der Waals surface area contributed by atoms with Gasteiger partial charge in [-0.2, -0.15) is 4.98 Å². The first-order chi connectivity index (χ1) is 7.43. The molecule has 1 aliphatic heterocycles. The lowest BCUT2D eigenvalue weighted by atomic mass is 10.4. The van der Waals surface area contributed by atoms with E-state index < -0.39 is 0 Å². The molecule has 3 rings (SSSR count). The fourth-order valence-electron chi connectivity index (χ4n) is 1.75. The van der Waals surface area contributed by atoms with E-state index in [9.17, 15) is 0 Å². The third-order valence-electron chi connectivity index (χ3n) is 2.54. The number of fused-ring (bicyclic) bond motifs is 1. The Morgan fingerprint density at radius 2 is 2.20 bits per heavy atom. The molecular weight excluding hydrogens is 192 g/mol. The van der Waals surface area contributed by atoms with Crippen LogP contribution in [0.5, 0.6) is 0 Å². The van der Waals surface area contributed by atoms with E-state index in [1.165, 1.54) is 0 Å². The van der Waals surface area contributed by atoms with E-state index in [4.69, 9.17) is 4.42 Å². The first-order valence-electron chi connectivity index (χ1n) is 5.11. The predicted molar refractivity (Wildman–Crippen MR) is 56.9 cm³/mol. The number of aromatic nitrogens is 2. The average Bonchev–Trinajstić information content (AvgIpc) is 2.74. The molecule has 0 unspecified atom stereocenters. The highest BCUT2D eigenvalue weighted by atomic mass is 16.4. The van der Waals surface area contributed by atoms with Crippen LogP contribution in [0.1, 0.15) is 0 Å². The van der Waals surface area contributed by atoms with Crippen LogP contribution in [0.25, 0.3) is 11.2 Å². The molecule has 2 aromatic rings. The Labute approximate surface area is 87.1 Å². The summed E-state index contributed by atoms with van der Waals surface area (Å²) in [7, 11) is 0. The Morgan fingerprint density at radius 1 is 1.33 bits per heavy atom. The second-order valence-corrected chi connectivity index (χ2v) is 3.56. The van der Waals surface area contributed by atoms with Gasteiger partial charge in [0.05, 0.1) is 0 Å². The van der Waals surface area contributed by atoms with Crippen LogP contribution in [0, 0.1) is 0 Å². The summed E-state index contributed by atoms with van der Waals surface area (Å²) in [6.45, 7) is 3.83. The van der Waals surface area contributed by atoms with Crippen LogP contribution >= 0.6 is 0 Å². The van der Waals surface area contributed by atoms with Crippen LogP contribution < -0.4 is 10.2 Å². The summed E-state index contributed by atoms with van der Waals surface area (Å²) in [5.41, 5.74) is 1.44. The van der Waals surface area contributed by atoms with Crippen molar-refractivity contribution in [3.63, 3.8) is 0 Å². The molecule has 5 nitrogen and oxygen atoms in total. The number of anilines is 1. The fraction of sp³-hybridized carbons (Fsp3) is 0.400. The monoisotopic (exact) mass is 204 g/mol. The molecule has 0 aliphatic carbocycles. The van der Waals surface area contributed by atoms with Crippen molar-refractivity contribution in [2.45, 2.75) is 0 Å². The second-order valence-electron chi connectivity index (χ2n) is 3.56. The molecule has 1 aliphatic rings. The molecule has 0 radical (unpaired) electrons. The maximum absolute atomic E-state index is 5.58. The number of hydrogen-bond acceptors (Lipinski definition) is 5. The second kappa shape index (κ2) is 3.51. The molecule has 1 saturated heterocycles. The average molecular weight is 204 g/mol. The van der Waals surface area contributed by atoms with Crippen molar-refractivity contribution in [3.8, 4) is 0 Å². The highest BCUT2D eigenvalue weighted by Crippen LogP contribution is 2.19. The molecule has 1 fully saturated rings. The number of oxazole rings is 1. The van der Waals surface area contributed by atoms with Crippen LogP contribution in [-0.4, -0.2) is 36.1 Å². The highest BCUT2D eigenvalue weighted by molar-refractivity contribution is 5.69. The topological polar surface area (TPSA) is 54.2 Å². The molecule has 0 amide bonds. The van der Waals surface area contributed by atoms with Crippen LogP contribution in [0.3, 0.4) is 0 Å². The third kappa shape index (κ3) is 1.55. The van der Waals surface area contributed by atoms with Crippen LogP contribution in [0.15, 0.2) is 22.7 Å². The maximum atomic E-state index is 5.58. The maximum Gasteiger partial charge on any atom is 0.299 e. The molecule has 2 aromatic heterocycles. The van der Waals surface area contributed by atoms with Crippen molar-refractivity contribution in [1.29, 1.82) is 0 Å². The van der Waals surface area contributed by atoms with Crippen molar-refractivity contribution in [3.05, 3.63) is 18.3 Å². The molecule has 0 aromatic carbocycles. The lowest BCUT2D eigenvalue weighted by Gasteiger charge is -2.25. The summed E-state index contributed by atoms with van der Waals surface area (Å²) < 4.78 is 5.58. The molecule has 1 N–H and O–H groups in total. The highest BCUT2D eigenvalue weighted by Gasteiger charge is 2.16.